The average molecular weight is 367 g/mol. The summed E-state index contributed by atoms with van der Waals surface area (Å²) < 4.78 is 17.2. The zero-order chi connectivity index (χ0) is 19.2. The van der Waals surface area contributed by atoms with Gasteiger partial charge in [-0.15, -0.1) is 0 Å². The van der Waals surface area contributed by atoms with Gasteiger partial charge in [0.15, 0.2) is 11.5 Å². The van der Waals surface area contributed by atoms with E-state index >= 15 is 0 Å². The van der Waals surface area contributed by atoms with Crippen LogP contribution in [0.2, 0.25) is 0 Å². The zero-order valence-electron chi connectivity index (χ0n) is 16.2. The Morgan fingerprint density at radius 2 is 2.07 bits per heavy atom. The number of methoxy groups -OCH3 is 1. The lowest BCUT2D eigenvalue weighted by atomic mass is 9.91. The van der Waals surface area contributed by atoms with Crippen molar-refractivity contribution < 1.29 is 19.0 Å². The fraction of sp³-hybridized carbons (Fsp3) is 0.409. The highest BCUT2D eigenvalue weighted by molar-refractivity contribution is 5.97. The molecule has 0 saturated carbocycles. The summed E-state index contributed by atoms with van der Waals surface area (Å²) >= 11 is 0. The molecule has 1 N–H and O–H groups in total. The first-order chi connectivity index (χ1) is 12.9. The van der Waals surface area contributed by atoms with Crippen LogP contribution in [0.4, 0.5) is 5.69 Å². The molecule has 2 aromatic rings. The van der Waals surface area contributed by atoms with E-state index in [-0.39, 0.29) is 17.4 Å². The van der Waals surface area contributed by atoms with Crippen LogP contribution in [0, 0.1) is 6.92 Å². The Labute approximate surface area is 159 Å². The molecule has 0 aliphatic carbocycles. The highest BCUT2D eigenvalue weighted by atomic mass is 16.5. The van der Waals surface area contributed by atoms with E-state index in [1.54, 1.807) is 7.11 Å². The lowest BCUT2D eigenvalue weighted by Gasteiger charge is -2.25. The molecule has 142 valence electrons. The summed E-state index contributed by atoms with van der Waals surface area (Å²) in [6.45, 7) is 6.67. The van der Waals surface area contributed by atoms with E-state index in [1.165, 1.54) is 0 Å². The standard InChI is InChI=1S/C22H25NO4/c1-13-5-6-18-17(9-13)16(7-8-26-18)21(24)23-15-10-14-12-22(2,3)27-20(14)19(11-15)25-4/h5-6,9-11,16H,7-8,12H2,1-4H3,(H,23,24). The SMILES string of the molecule is COc1cc(NC(=O)C2CCOc3ccc(C)cc32)cc2c1OC(C)(C)C2. The van der Waals surface area contributed by atoms with Gasteiger partial charge in [0, 0.05) is 29.3 Å². The lowest BCUT2D eigenvalue weighted by Crippen LogP contribution is -2.26. The van der Waals surface area contributed by atoms with Crippen molar-refractivity contribution in [3.63, 3.8) is 0 Å². The molecule has 1 amide bonds. The molecular weight excluding hydrogens is 342 g/mol. The highest BCUT2D eigenvalue weighted by Gasteiger charge is 2.34. The molecule has 4 rings (SSSR count). The number of ether oxygens (including phenoxy) is 3. The van der Waals surface area contributed by atoms with Crippen LogP contribution in [0.15, 0.2) is 30.3 Å². The summed E-state index contributed by atoms with van der Waals surface area (Å²) in [6, 6.07) is 9.81. The van der Waals surface area contributed by atoms with Gasteiger partial charge in [-0.05, 0) is 39.3 Å². The molecule has 0 bridgehead atoms. The second-order valence-electron chi connectivity index (χ2n) is 7.93. The van der Waals surface area contributed by atoms with Crippen LogP contribution in [0.3, 0.4) is 0 Å². The van der Waals surface area contributed by atoms with Gasteiger partial charge in [-0.1, -0.05) is 17.7 Å². The number of rotatable bonds is 3. The number of nitrogens with one attached hydrogen (secondary N) is 1. The molecule has 2 aliphatic rings. The Hall–Kier alpha value is -2.69. The molecule has 0 spiro atoms. The van der Waals surface area contributed by atoms with Crippen LogP contribution in [-0.4, -0.2) is 25.2 Å². The third-order valence-electron chi connectivity index (χ3n) is 5.14. The minimum Gasteiger partial charge on any atom is -0.493 e. The number of anilines is 1. The van der Waals surface area contributed by atoms with E-state index in [4.69, 9.17) is 14.2 Å². The molecule has 0 saturated heterocycles. The van der Waals surface area contributed by atoms with Gasteiger partial charge in [0.2, 0.25) is 5.91 Å². The van der Waals surface area contributed by atoms with Gasteiger partial charge >= 0.3 is 0 Å². The molecule has 5 nitrogen and oxygen atoms in total. The highest BCUT2D eigenvalue weighted by Crippen LogP contribution is 2.44. The van der Waals surface area contributed by atoms with Crippen molar-refractivity contribution >= 4 is 11.6 Å². The van der Waals surface area contributed by atoms with Crippen LogP contribution in [0.5, 0.6) is 17.2 Å². The second kappa shape index (κ2) is 6.48. The third-order valence-corrected chi connectivity index (χ3v) is 5.14. The van der Waals surface area contributed by atoms with Gasteiger partial charge in [0.05, 0.1) is 19.6 Å². The predicted octanol–water partition coefficient (Wildman–Crippen LogP) is 4.22. The summed E-state index contributed by atoms with van der Waals surface area (Å²) in [5.74, 6) is 1.98. The normalized spacial score (nSPS) is 19.3. The first-order valence-corrected chi connectivity index (χ1v) is 9.30. The molecule has 0 radical (unpaired) electrons. The maximum atomic E-state index is 13.0. The van der Waals surface area contributed by atoms with Gasteiger partial charge in [-0.25, -0.2) is 0 Å². The molecule has 0 fully saturated rings. The van der Waals surface area contributed by atoms with Gasteiger partial charge in [0.25, 0.3) is 0 Å². The molecule has 2 aromatic carbocycles. The Morgan fingerprint density at radius 3 is 2.85 bits per heavy atom. The zero-order valence-corrected chi connectivity index (χ0v) is 16.2. The van der Waals surface area contributed by atoms with Crippen LogP contribution in [-0.2, 0) is 11.2 Å². The lowest BCUT2D eigenvalue weighted by molar-refractivity contribution is -0.118. The molecule has 1 unspecified atom stereocenters. The smallest absolute Gasteiger partial charge is 0.232 e. The largest absolute Gasteiger partial charge is 0.493 e. The van der Waals surface area contributed by atoms with Crippen LogP contribution >= 0.6 is 0 Å². The summed E-state index contributed by atoms with van der Waals surface area (Å²) in [5.41, 5.74) is 3.59. The molecule has 5 heteroatoms. The van der Waals surface area contributed by atoms with E-state index in [2.05, 4.69) is 5.32 Å². The van der Waals surface area contributed by atoms with Crippen molar-refractivity contribution in [3.05, 3.63) is 47.0 Å². The maximum Gasteiger partial charge on any atom is 0.232 e. The van der Waals surface area contributed by atoms with Crippen molar-refractivity contribution in [2.75, 3.05) is 19.0 Å². The molecule has 0 aromatic heterocycles. The number of fused-ring (bicyclic) bond motifs is 2. The summed E-state index contributed by atoms with van der Waals surface area (Å²) in [4.78, 5) is 13.0. The van der Waals surface area contributed by atoms with Gasteiger partial charge < -0.3 is 19.5 Å². The van der Waals surface area contributed by atoms with Gasteiger partial charge in [-0.3, -0.25) is 4.79 Å². The predicted molar refractivity (Wildman–Crippen MR) is 104 cm³/mol. The van der Waals surface area contributed by atoms with E-state index < -0.39 is 0 Å². The minimum atomic E-state index is -0.268. The van der Waals surface area contributed by atoms with Crippen molar-refractivity contribution in [1.82, 2.24) is 0 Å². The third kappa shape index (κ3) is 3.34. The minimum absolute atomic E-state index is 0.0228. The second-order valence-corrected chi connectivity index (χ2v) is 7.93. The number of benzene rings is 2. The fourth-order valence-electron chi connectivity index (χ4n) is 3.92. The molecule has 1 atom stereocenters. The topological polar surface area (TPSA) is 56.8 Å². The van der Waals surface area contributed by atoms with Gasteiger partial charge in [-0.2, -0.15) is 0 Å². The van der Waals surface area contributed by atoms with Crippen LogP contribution in [0.25, 0.3) is 0 Å². The van der Waals surface area contributed by atoms with E-state index in [0.29, 0.717) is 18.8 Å². The number of hydrogen-bond donors (Lipinski definition) is 1. The molecule has 2 aliphatic heterocycles. The molecular formula is C22H25NO4. The molecule has 2 heterocycles. The van der Waals surface area contributed by atoms with Crippen LogP contribution in [0.1, 0.15) is 42.9 Å². The Bertz CT molecular complexity index is 903. The van der Waals surface area contributed by atoms with E-state index in [9.17, 15) is 4.79 Å². The quantitative estimate of drug-likeness (QED) is 0.882. The van der Waals surface area contributed by atoms with E-state index in [0.717, 1.165) is 40.3 Å². The summed E-state index contributed by atoms with van der Waals surface area (Å²) in [5, 5.41) is 3.07. The Balaban J connectivity index is 1.61. The first kappa shape index (κ1) is 17.7. The van der Waals surface area contributed by atoms with Crippen molar-refractivity contribution in [3.8, 4) is 17.2 Å². The van der Waals surface area contributed by atoms with Gasteiger partial charge in [0.1, 0.15) is 11.4 Å². The fourth-order valence-corrected chi connectivity index (χ4v) is 3.92. The number of amides is 1. The van der Waals surface area contributed by atoms with Crippen molar-refractivity contribution in [1.29, 1.82) is 0 Å². The first-order valence-electron chi connectivity index (χ1n) is 9.30. The van der Waals surface area contributed by atoms with Crippen molar-refractivity contribution in [2.24, 2.45) is 0 Å². The number of carbonyl (C=O) groups excluding carboxylic acids is 1. The monoisotopic (exact) mass is 367 g/mol. The summed E-state index contributed by atoms with van der Waals surface area (Å²) in [6.07, 6.45) is 1.45. The van der Waals surface area contributed by atoms with Crippen molar-refractivity contribution in [2.45, 2.75) is 45.1 Å². The van der Waals surface area contributed by atoms with E-state index in [1.807, 2.05) is 51.1 Å². The number of hydrogen-bond acceptors (Lipinski definition) is 4. The van der Waals surface area contributed by atoms with Crippen LogP contribution < -0.4 is 19.5 Å². The average Bonchev–Trinajstić information content (AvgIpc) is 2.94. The Morgan fingerprint density at radius 1 is 1.26 bits per heavy atom. The number of carbonyl (C=O) groups is 1. The summed E-state index contributed by atoms with van der Waals surface area (Å²) in [7, 11) is 1.62. The maximum absolute atomic E-state index is 13.0. The Kier molecular flexibility index (Phi) is 4.25. The molecule has 27 heavy (non-hydrogen) atoms. The number of aryl methyl sites for hydroxylation is 1.